The first-order valence-corrected chi connectivity index (χ1v) is 16.6. The van der Waals surface area contributed by atoms with Gasteiger partial charge in [-0.05, 0) is 90.6 Å². The number of aliphatic carboxylic acids is 1. The van der Waals surface area contributed by atoms with Crippen molar-refractivity contribution >= 4 is 18.0 Å². The van der Waals surface area contributed by atoms with Crippen LogP contribution in [0.1, 0.15) is 48.6 Å². The predicted molar refractivity (Wildman–Crippen MR) is 183 cm³/mol. The molecule has 1 aliphatic rings. The van der Waals surface area contributed by atoms with Gasteiger partial charge in [0, 0.05) is 12.8 Å². The normalized spacial score (nSPS) is 15.1. The number of fused-ring (bicyclic) bond motifs is 1. The maximum Gasteiger partial charge on any atom is 0.573 e. The largest absolute Gasteiger partial charge is 0.573 e. The van der Waals surface area contributed by atoms with E-state index in [0.29, 0.717) is 39.1 Å². The van der Waals surface area contributed by atoms with E-state index in [1.807, 2.05) is 0 Å². The molecule has 0 aliphatic carbocycles. The summed E-state index contributed by atoms with van der Waals surface area (Å²) in [5.41, 5.74) is 1.92. The highest BCUT2D eigenvalue weighted by molar-refractivity contribution is 5.90. The molecule has 1 heterocycles. The molecule has 9 nitrogen and oxygen atoms in total. The van der Waals surface area contributed by atoms with E-state index >= 15 is 0 Å². The van der Waals surface area contributed by atoms with Gasteiger partial charge in [0.25, 0.3) is 0 Å². The van der Waals surface area contributed by atoms with Crippen molar-refractivity contribution in [3.8, 4) is 22.6 Å². The second kappa shape index (κ2) is 15.7. The number of hydrogen-bond donors (Lipinski definition) is 2. The molecule has 0 saturated carbocycles. The number of nitrogens with zero attached hydrogens (tertiary/aromatic N) is 1. The lowest BCUT2D eigenvalue weighted by Crippen LogP contribution is -2.56. The van der Waals surface area contributed by atoms with Crippen LogP contribution in [0.2, 0.25) is 0 Å². The Balaban J connectivity index is 1.28. The molecule has 0 fully saturated rings. The number of ether oxygens (including phenoxy) is 3. The summed E-state index contributed by atoms with van der Waals surface area (Å²) in [6, 6.07) is 18.9. The van der Waals surface area contributed by atoms with Gasteiger partial charge in [-0.1, -0.05) is 54.6 Å². The van der Waals surface area contributed by atoms with Crippen LogP contribution in [0.4, 0.5) is 31.1 Å². The van der Waals surface area contributed by atoms with Crippen LogP contribution in [0.15, 0.2) is 91.0 Å². The fourth-order valence-electron chi connectivity index (χ4n) is 5.74. The molecule has 4 aromatic rings. The lowest BCUT2D eigenvalue weighted by molar-refractivity contribution is -0.274. The molecule has 0 bridgehead atoms. The van der Waals surface area contributed by atoms with Crippen LogP contribution in [0.5, 0.6) is 11.5 Å². The van der Waals surface area contributed by atoms with E-state index < -0.39 is 53.8 Å². The smallest absolute Gasteiger partial charge is 0.489 e. The van der Waals surface area contributed by atoms with Crippen molar-refractivity contribution in [1.82, 2.24) is 10.2 Å². The number of carboxylic acid groups (broad SMARTS) is 1. The van der Waals surface area contributed by atoms with Crippen LogP contribution in [-0.4, -0.2) is 52.0 Å². The van der Waals surface area contributed by atoms with E-state index in [1.165, 1.54) is 41.3 Å². The Hall–Kier alpha value is -5.73. The number of halogens is 6. The molecule has 286 valence electrons. The Labute approximate surface area is 306 Å². The molecular weight excluding hydrogens is 722 g/mol. The summed E-state index contributed by atoms with van der Waals surface area (Å²) in [5, 5.41) is 12.6. The Morgan fingerprint density at radius 1 is 0.796 bits per heavy atom. The second-order valence-corrected chi connectivity index (χ2v) is 13.6. The van der Waals surface area contributed by atoms with Gasteiger partial charge in [0.1, 0.15) is 35.8 Å². The van der Waals surface area contributed by atoms with E-state index in [9.17, 15) is 45.8 Å². The molecule has 5 rings (SSSR count). The molecule has 0 radical (unpaired) electrons. The van der Waals surface area contributed by atoms with Crippen LogP contribution in [0.25, 0.3) is 11.1 Å². The minimum Gasteiger partial charge on any atom is -0.489 e. The highest BCUT2D eigenvalue weighted by Gasteiger charge is 2.39. The first kappa shape index (κ1) is 39.5. The first-order valence-electron chi connectivity index (χ1n) is 16.6. The number of amides is 2. The number of carbonyl (C=O) groups excluding carboxylic acids is 2. The summed E-state index contributed by atoms with van der Waals surface area (Å²) in [7, 11) is 0. The van der Waals surface area contributed by atoms with Gasteiger partial charge in [-0.25, -0.2) is 9.59 Å². The van der Waals surface area contributed by atoms with Crippen molar-refractivity contribution in [1.29, 1.82) is 0 Å². The van der Waals surface area contributed by atoms with Crippen LogP contribution >= 0.6 is 0 Å². The maximum atomic E-state index is 13.8. The number of benzene rings is 4. The summed E-state index contributed by atoms with van der Waals surface area (Å²) in [6.45, 7) is 4.88. The lowest BCUT2D eigenvalue weighted by Gasteiger charge is -2.37. The van der Waals surface area contributed by atoms with Gasteiger partial charge in [0.05, 0.1) is 12.1 Å². The molecule has 0 unspecified atom stereocenters. The molecule has 54 heavy (non-hydrogen) atoms. The number of nitrogens with one attached hydrogen (secondary N) is 1. The molecule has 0 aromatic heterocycles. The van der Waals surface area contributed by atoms with Crippen molar-refractivity contribution in [3.63, 3.8) is 0 Å². The van der Waals surface area contributed by atoms with Gasteiger partial charge in [0.2, 0.25) is 5.91 Å². The van der Waals surface area contributed by atoms with E-state index in [-0.39, 0.29) is 31.7 Å². The molecular formula is C39H36F6N2O7. The summed E-state index contributed by atoms with van der Waals surface area (Å²) >= 11 is 0. The van der Waals surface area contributed by atoms with Crippen LogP contribution in [0, 0.1) is 0 Å². The Morgan fingerprint density at radius 3 is 1.93 bits per heavy atom. The van der Waals surface area contributed by atoms with Gasteiger partial charge in [-0.15, -0.1) is 13.2 Å². The zero-order valence-corrected chi connectivity index (χ0v) is 29.3. The summed E-state index contributed by atoms with van der Waals surface area (Å²) in [5.74, 6) is -2.03. The van der Waals surface area contributed by atoms with Crippen molar-refractivity contribution in [3.05, 3.63) is 119 Å². The molecule has 2 atom stereocenters. The van der Waals surface area contributed by atoms with Crippen molar-refractivity contribution < 1.29 is 60.0 Å². The Morgan fingerprint density at radius 2 is 1.37 bits per heavy atom. The maximum absolute atomic E-state index is 13.8. The van der Waals surface area contributed by atoms with Gasteiger partial charge < -0.3 is 24.6 Å². The number of carbonyl (C=O) groups is 3. The fourth-order valence-corrected chi connectivity index (χ4v) is 5.74. The van der Waals surface area contributed by atoms with Gasteiger partial charge >= 0.3 is 24.6 Å². The van der Waals surface area contributed by atoms with Crippen molar-refractivity contribution in [2.75, 3.05) is 0 Å². The third-order valence-electron chi connectivity index (χ3n) is 8.35. The zero-order valence-electron chi connectivity index (χ0n) is 29.3. The van der Waals surface area contributed by atoms with Crippen LogP contribution < -0.4 is 14.8 Å². The van der Waals surface area contributed by atoms with E-state index in [1.54, 1.807) is 63.2 Å². The minimum atomic E-state index is -4.82. The fraction of sp³-hybridized carbons (Fsp3) is 0.308. The van der Waals surface area contributed by atoms with E-state index in [0.717, 1.165) is 12.1 Å². The number of carboxylic acids is 1. The highest BCUT2D eigenvalue weighted by atomic mass is 19.4. The molecule has 15 heteroatoms. The lowest BCUT2D eigenvalue weighted by atomic mass is 9.93. The Bertz CT molecular complexity index is 1960. The number of rotatable bonds is 10. The third-order valence-corrected chi connectivity index (χ3v) is 8.35. The highest BCUT2D eigenvalue weighted by Crippen LogP contribution is 2.32. The van der Waals surface area contributed by atoms with Gasteiger partial charge in [0.15, 0.2) is 0 Å². The third kappa shape index (κ3) is 10.7. The van der Waals surface area contributed by atoms with E-state index in [2.05, 4.69) is 10.1 Å². The SMILES string of the molecule is CC(C)(C)OC(=O)N1Cc2cc(OCc3ccc(C(F)(F)F)cc3)ccc2C[C@H]1C(=O)N[C@@H](Cc1ccc(-c2ccc(OC(F)(F)F)cc2)cc1)C(=O)O. The number of hydrogen-bond acceptors (Lipinski definition) is 6. The number of alkyl halides is 6. The summed E-state index contributed by atoms with van der Waals surface area (Å²) < 4.78 is 91.6. The van der Waals surface area contributed by atoms with Crippen LogP contribution in [0.3, 0.4) is 0 Å². The quantitative estimate of drug-likeness (QED) is 0.156. The Kier molecular flexibility index (Phi) is 11.5. The molecule has 0 saturated heterocycles. The standard InChI is InChI=1S/C39H36F6N2O7/c1-37(2,3)54-36(51)47-21-28-19-31(52-22-24-6-13-29(14-7-24)38(40,41)42)17-12-27(28)20-33(47)34(48)46-32(35(49)50)18-23-4-8-25(9-5-23)26-10-15-30(16-11-26)53-39(43,44)45/h4-17,19,32-33H,18,20-22H2,1-3H3,(H,46,48)(H,49,50)/t32-,33-/m0/s1. The first-order chi connectivity index (χ1) is 25.2. The summed E-state index contributed by atoms with van der Waals surface area (Å²) in [4.78, 5) is 40.7. The molecule has 2 amide bonds. The van der Waals surface area contributed by atoms with Crippen molar-refractivity contribution in [2.24, 2.45) is 0 Å². The second-order valence-electron chi connectivity index (χ2n) is 13.6. The molecule has 0 spiro atoms. The molecule has 2 N–H and O–H groups in total. The van der Waals surface area contributed by atoms with E-state index in [4.69, 9.17) is 9.47 Å². The van der Waals surface area contributed by atoms with Crippen molar-refractivity contribution in [2.45, 2.75) is 77.0 Å². The monoisotopic (exact) mass is 758 g/mol. The van der Waals surface area contributed by atoms with Gasteiger partial charge in [-0.3, -0.25) is 9.69 Å². The zero-order chi connectivity index (χ0) is 39.4. The van der Waals surface area contributed by atoms with Gasteiger partial charge in [-0.2, -0.15) is 13.2 Å². The molecule has 4 aromatic carbocycles. The average molecular weight is 759 g/mol. The minimum absolute atomic E-state index is 0.0213. The van der Waals surface area contributed by atoms with Crippen LogP contribution in [-0.2, 0) is 46.5 Å². The molecule has 1 aliphatic heterocycles. The average Bonchev–Trinajstić information content (AvgIpc) is 3.08. The summed E-state index contributed by atoms with van der Waals surface area (Å²) in [6.07, 6.45) is -10.2. The topological polar surface area (TPSA) is 114 Å². The predicted octanol–water partition coefficient (Wildman–Crippen LogP) is 8.32.